The van der Waals surface area contributed by atoms with Crippen molar-refractivity contribution in [3.8, 4) is 0 Å². The number of amidine groups is 1. The Balaban J connectivity index is 2.11. The molecule has 1 aromatic heterocycles. The fraction of sp³-hybridized carbons (Fsp3) is 0.200. The van der Waals surface area contributed by atoms with Crippen LogP contribution in [0.5, 0.6) is 0 Å². The van der Waals surface area contributed by atoms with Gasteiger partial charge in [0.1, 0.15) is 5.82 Å². The maximum atomic E-state index is 14.2. The average molecular weight is 288 g/mol. The molecule has 0 saturated heterocycles. The van der Waals surface area contributed by atoms with Gasteiger partial charge in [-0.05, 0) is 24.6 Å². The first-order valence-corrected chi connectivity index (χ1v) is 6.52. The van der Waals surface area contributed by atoms with Gasteiger partial charge in [-0.15, -0.1) is 0 Å². The summed E-state index contributed by atoms with van der Waals surface area (Å²) in [7, 11) is 0. The topological polar surface area (TPSA) is 83.5 Å². The molecule has 110 valence electrons. The summed E-state index contributed by atoms with van der Waals surface area (Å²) in [5.41, 5.74) is 7.00. The zero-order valence-corrected chi connectivity index (χ0v) is 11.6. The van der Waals surface area contributed by atoms with Gasteiger partial charge in [0.25, 0.3) is 0 Å². The summed E-state index contributed by atoms with van der Waals surface area (Å²) in [5, 5.41) is 14.7. The van der Waals surface area contributed by atoms with Crippen LogP contribution in [0.25, 0.3) is 0 Å². The van der Waals surface area contributed by atoms with Crippen molar-refractivity contribution < 1.29 is 9.60 Å². The van der Waals surface area contributed by atoms with E-state index in [0.29, 0.717) is 12.1 Å². The molecule has 1 aromatic carbocycles. The number of nitrogens with two attached hydrogens (primary N) is 1. The van der Waals surface area contributed by atoms with E-state index >= 15 is 0 Å². The van der Waals surface area contributed by atoms with E-state index in [1.165, 1.54) is 6.07 Å². The van der Waals surface area contributed by atoms with Gasteiger partial charge in [-0.3, -0.25) is 4.98 Å². The minimum absolute atomic E-state index is 0.0330. The molecule has 0 spiro atoms. The Labute approximate surface area is 122 Å². The van der Waals surface area contributed by atoms with Crippen LogP contribution in [0, 0.1) is 5.82 Å². The van der Waals surface area contributed by atoms with Crippen molar-refractivity contribution in [2.75, 3.05) is 0 Å². The normalized spacial score (nSPS) is 13.1. The molecule has 4 N–H and O–H groups in total. The second kappa shape index (κ2) is 6.81. The molecule has 1 heterocycles. The van der Waals surface area contributed by atoms with Gasteiger partial charge < -0.3 is 16.3 Å². The van der Waals surface area contributed by atoms with Crippen molar-refractivity contribution in [3.63, 3.8) is 0 Å². The number of hydrogen-bond acceptors (Lipinski definition) is 4. The number of nitrogens with zero attached hydrogens (tertiary/aromatic N) is 2. The molecule has 0 bridgehead atoms. The quantitative estimate of drug-likeness (QED) is 0.341. The first-order valence-electron chi connectivity index (χ1n) is 6.52. The Hall–Kier alpha value is -2.47. The van der Waals surface area contributed by atoms with Gasteiger partial charge in [-0.2, -0.15) is 0 Å². The van der Waals surface area contributed by atoms with E-state index in [1.807, 2.05) is 19.1 Å². The van der Waals surface area contributed by atoms with Crippen molar-refractivity contribution in [2.45, 2.75) is 19.5 Å². The molecule has 1 atom stereocenters. The van der Waals surface area contributed by atoms with E-state index in [1.54, 1.807) is 24.5 Å². The predicted octanol–water partition coefficient (Wildman–Crippen LogP) is 2.17. The van der Waals surface area contributed by atoms with Gasteiger partial charge in [0.15, 0.2) is 5.84 Å². The monoisotopic (exact) mass is 288 g/mol. The fourth-order valence-corrected chi connectivity index (χ4v) is 1.98. The highest BCUT2D eigenvalue weighted by molar-refractivity contribution is 5.97. The van der Waals surface area contributed by atoms with Gasteiger partial charge in [-0.1, -0.05) is 23.4 Å². The number of benzene rings is 1. The second-order valence-corrected chi connectivity index (χ2v) is 4.65. The standard InChI is InChI=1S/C15H17FN4O/c1-10(11-5-3-7-18-8-11)19-9-12-4-2-6-13(14(12)16)15(17)20-21/h2-8,10,19,21H,9H2,1H3,(H2,17,20)/t10-/m1/s1. The Morgan fingerprint density at radius 1 is 1.43 bits per heavy atom. The number of oxime groups is 1. The van der Waals surface area contributed by atoms with Crippen LogP contribution in [0.4, 0.5) is 4.39 Å². The highest BCUT2D eigenvalue weighted by atomic mass is 19.1. The van der Waals surface area contributed by atoms with Crippen LogP contribution < -0.4 is 11.1 Å². The summed E-state index contributed by atoms with van der Waals surface area (Å²) in [6, 6.07) is 8.64. The fourth-order valence-electron chi connectivity index (χ4n) is 1.98. The third kappa shape index (κ3) is 3.55. The second-order valence-electron chi connectivity index (χ2n) is 4.65. The third-order valence-corrected chi connectivity index (χ3v) is 3.25. The lowest BCUT2D eigenvalue weighted by Gasteiger charge is -2.15. The molecular formula is C15H17FN4O. The van der Waals surface area contributed by atoms with Crippen molar-refractivity contribution in [1.82, 2.24) is 10.3 Å². The van der Waals surface area contributed by atoms with E-state index in [-0.39, 0.29) is 17.4 Å². The number of rotatable bonds is 5. The minimum atomic E-state index is -0.487. The molecule has 0 unspecified atom stereocenters. The molecule has 2 aromatic rings. The van der Waals surface area contributed by atoms with Crippen LogP contribution in [0.1, 0.15) is 29.7 Å². The summed E-state index contributed by atoms with van der Waals surface area (Å²) in [5.74, 6) is -0.728. The molecule has 21 heavy (non-hydrogen) atoms. The largest absolute Gasteiger partial charge is 0.409 e. The van der Waals surface area contributed by atoms with Crippen LogP contribution in [0.2, 0.25) is 0 Å². The van der Waals surface area contributed by atoms with Crippen LogP contribution in [0.3, 0.4) is 0 Å². The first kappa shape index (κ1) is 14.9. The predicted molar refractivity (Wildman–Crippen MR) is 78.4 cm³/mol. The molecule has 0 aliphatic carbocycles. The van der Waals surface area contributed by atoms with Gasteiger partial charge in [-0.25, -0.2) is 4.39 Å². The summed E-state index contributed by atoms with van der Waals surface area (Å²) in [4.78, 5) is 4.05. The van der Waals surface area contributed by atoms with Crippen LogP contribution in [-0.4, -0.2) is 16.0 Å². The number of nitrogens with one attached hydrogen (secondary N) is 1. The molecular weight excluding hydrogens is 271 g/mol. The zero-order valence-electron chi connectivity index (χ0n) is 11.6. The molecule has 5 nitrogen and oxygen atoms in total. The summed E-state index contributed by atoms with van der Waals surface area (Å²) < 4.78 is 14.2. The molecule has 0 saturated carbocycles. The summed E-state index contributed by atoms with van der Waals surface area (Å²) in [6.07, 6.45) is 3.47. The van der Waals surface area contributed by atoms with E-state index in [4.69, 9.17) is 10.9 Å². The Morgan fingerprint density at radius 3 is 2.90 bits per heavy atom. The number of aromatic nitrogens is 1. The average Bonchev–Trinajstić information content (AvgIpc) is 2.53. The highest BCUT2D eigenvalue weighted by Crippen LogP contribution is 2.15. The maximum Gasteiger partial charge on any atom is 0.173 e. The van der Waals surface area contributed by atoms with E-state index in [0.717, 1.165) is 5.56 Å². The highest BCUT2D eigenvalue weighted by Gasteiger charge is 2.12. The molecule has 0 aliphatic heterocycles. The number of pyridine rings is 1. The smallest absolute Gasteiger partial charge is 0.173 e. The van der Waals surface area contributed by atoms with Crippen molar-refractivity contribution in [1.29, 1.82) is 0 Å². The Bertz CT molecular complexity index is 631. The molecule has 0 radical (unpaired) electrons. The van der Waals surface area contributed by atoms with E-state index in [9.17, 15) is 4.39 Å². The van der Waals surface area contributed by atoms with E-state index < -0.39 is 5.82 Å². The zero-order chi connectivity index (χ0) is 15.2. The van der Waals surface area contributed by atoms with Crippen LogP contribution in [-0.2, 0) is 6.54 Å². The first-order chi connectivity index (χ1) is 10.1. The van der Waals surface area contributed by atoms with Gasteiger partial charge >= 0.3 is 0 Å². The molecule has 6 heteroatoms. The van der Waals surface area contributed by atoms with Crippen molar-refractivity contribution in [2.24, 2.45) is 10.9 Å². The molecule has 0 aliphatic rings. The molecule has 0 fully saturated rings. The van der Waals surface area contributed by atoms with Crippen LogP contribution >= 0.6 is 0 Å². The lowest BCUT2D eigenvalue weighted by molar-refractivity contribution is 0.318. The molecule has 0 amide bonds. The SMILES string of the molecule is C[C@@H](NCc1cccc(/C(N)=N/O)c1F)c1cccnc1. The molecule has 2 rings (SSSR count). The number of halogens is 1. The Morgan fingerprint density at radius 2 is 2.24 bits per heavy atom. The minimum Gasteiger partial charge on any atom is -0.409 e. The van der Waals surface area contributed by atoms with Gasteiger partial charge in [0.2, 0.25) is 0 Å². The van der Waals surface area contributed by atoms with Crippen molar-refractivity contribution >= 4 is 5.84 Å². The Kier molecular flexibility index (Phi) is 4.84. The third-order valence-electron chi connectivity index (χ3n) is 3.25. The summed E-state index contributed by atoms with van der Waals surface area (Å²) in [6.45, 7) is 2.30. The van der Waals surface area contributed by atoms with Crippen LogP contribution in [0.15, 0.2) is 47.9 Å². The lowest BCUT2D eigenvalue weighted by Crippen LogP contribution is -2.21. The van der Waals surface area contributed by atoms with E-state index in [2.05, 4.69) is 15.5 Å². The van der Waals surface area contributed by atoms with Gasteiger partial charge in [0, 0.05) is 30.5 Å². The number of hydrogen-bond donors (Lipinski definition) is 3. The summed E-state index contributed by atoms with van der Waals surface area (Å²) >= 11 is 0. The van der Waals surface area contributed by atoms with Crippen molar-refractivity contribution in [3.05, 3.63) is 65.2 Å². The lowest BCUT2D eigenvalue weighted by atomic mass is 10.1. The van der Waals surface area contributed by atoms with Gasteiger partial charge in [0.05, 0.1) is 5.56 Å². The maximum absolute atomic E-state index is 14.2.